The molecule has 0 aliphatic carbocycles. The van der Waals surface area contributed by atoms with Gasteiger partial charge in [0.1, 0.15) is 11.9 Å². The van der Waals surface area contributed by atoms with Gasteiger partial charge in [0.05, 0.1) is 6.61 Å². The zero-order valence-electron chi connectivity index (χ0n) is 13.6. The largest absolute Gasteiger partial charge is 0.484 e. The highest BCUT2D eigenvalue weighted by atomic mass is 16.5. The molecule has 1 atom stereocenters. The molecule has 1 aromatic carbocycles. The Bertz CT molecular complexity index is 552. The van der Waals surface area contributed by atoms with E-state index >= 15 is 0 Å². The topological polar surface area (TPSA) is 71.1 Å². The molecule has 130 valence electrons. The highest BCUT2D eigenvalue weighted by Crippen LogP contribution is 2.10. The summed E-state index contributed by atoms with van der Waals surface area (Å²) in [6.07, 6.45) is -0.401. The molecule has 2 amide bonds. The molecular weight excluding hydrogens is 310 g/mol. The molecule has 0 aromatic heterocycles. The van der Waals surface area contributed by atoms with Crippen LogP contribution in [0.15, 0.2) is 30.3 Å². The van der Waals surface area contributed by atoms with Crippen LogP contribution in [0.2, 0.25) is 0 Å². The number of amides is 2. The van der Waals surface area contributed by atoms with Crippen LogP contribution >= 0.6 is 0 Å². The molecule has 0 radical (unpaired) electrons. The number of hydrogen-bond acceptors (Lipinski definition) is 5. The normalized spacial score (nSPS) is 21.4. The molecule has 2 aliphatic rings. The molecular formula is C17H23N3O4. The van der Waals surface area contributed by atoms with Crippen molar-refractivity contribution in [3.63, 3.8) is 0 Å². The van der Waals surface area contributed by atoms with Crippen molar-refractivity contribution in [2.45, 2.75) is 6.10 Å². The van der Waals surface area contributed by atoms with Gasteiger partial charge in [-0.1, -0.05) is 18.2 Å². The third kappa shape index (κ3) is 4.24. The monoisotopic (exact) mass is 333 g/mol. The number of ether oxygens (including phenoxy) is 2. The Hall–Kier alpha value is -2.12. The minimum Gasteiger partial charge on any atom is -0.484 e. The standard InChI is InChI=1S/C17H23N3O4/c21-16(13-24-14-4-2-1-3-5-14)19-7-9-20(10-8-19)17(22)15-12-18-6-11-23-15/h1-5,15,18H,6-13H2/t15-/m0/s1. The van der Waals surface area contributed by atoms with Gasteiger partial charge in [0.25, 0.3) is 11.8 Å². The first kappa shape index (κ1) is 16.7. The van der Waals surface area contributed by atoms with Gasteiger partial charge in [0.15, 0.2) is 6.61 Å². The number of nitrogens with zero attached hydrogens (tertiary/aromatic N) is 2. The third-order valence-electron chi connectivity index (χ3n) is 4.25. The Morgan fingerprint density at radius 3 is 2.50 bits per heavy atom. The van der Waals surface area contributed by atoms with Crippen molar-refractivity contribution in [3.8, 4) is 5.75 Å². The smallest absolute Gasteiger partial charge is 0.260 e. The van der Waals surface area contributed by atoms with Crippen LogP contribution in [0.5, 0.6) is 5.75 Å². The van der Waals surface area contributed by atoms with Crippen LogP contribution < -0.4 is 10.1 Å². The van der Waals surface area contributed by atoms with Gasteiger partial charge in [-0.25, -0.2) is 0 Å². The van der Waals surface area contributed by atoms with Gasteiger partial charge < -0.3 is 24.6 Å². The zero-order chi connectivity index (χ0) is 16.8. The van der Waals surface area contributed by atoms with Crippen molar-refractivity contribution in [2.75, 3.05) is 52.5 Å². The number of morpholine rings is 1. The van der Waals surface area contributed by atoms with Crippen molar-refractivity contribution < 1.29 is 19.1 Å². The van der Waals surface area contributed by atoms with Gasteiger partial charge in [0.2, 0.25) is 0 Å². The van der Waals surface area contributed by atoms with Crippen molar-refractivity contribution in [1.82, 2.24) is 15.1 Å². The van der Waals surface area contributed by atoms with E-state index in [1.165, 1.54) is 0 Å². The van der Waals surface area contributed by atoms with Crippen LogP contribution in [0, 0.1) is 0 Å². The highest BCUT2D eigenvalue weighted by molar-refractivity contribution is 5.82. The van der Waals surface area contributed by atoms with Crippen molar-refractivity contribution in [2.24, 2.45) is 0 Å². The number of carbonyl (C=O) groups excluding carboxylic acids is 2. The second-order valence-electron chi connectivity index (χ2n) is 5.87. The summed E-state index contributed by atoms with van der Waals surface area (Å²) in [4.78, 5) is 28.1. The lowest BCUT2D eigenvalue weighted by Crippen LogP contribution is -2.56. The number of carbonyl (C=O) groups is 2. The number of hydrogen-bond donors (Lipinski definition) is 1. The minimum absolute atomic E-state index is 0.00911. The second kappa shape index (κ2) is 8.12. The molecule has 7 nitrogen and oxygen atoms in total. The first-order valence-corrected chi connectivity index (χ1v) is 8.31. The van der Waals surface area contributed by atoms with E-state index in [0.29, 0.717) is 45.1 Å². The molecule has 0 saturated carbocycles. The van der Waals surface area contributed by atoms with Crippen LogP contribution in [0.3, 0.4) is 0 Å². The lowest BCUT2D eigenvalue weighted by atomic mass is 10.2. The molecule has 2 aliphatic heterocycles. The van der Waals surface area contributed by atoms with E-state index in [1.807, 2.05) is 30.3 Å². The molecule has 0 unspecified atom stereocenters. The predicted octanol–water partition coefficient (Wildman–Crippen LogP) is -0.275. The summed E-state index contributed by atoms with van der Waals surface area (Å²) in [7, 11) is 0. The lowest BCUT2D eigenvalue weighted by Gasteiger charge is -2.37. The average molecular weight is 333 g/mol. The summed E-state index contributed by atoms with van der Waals surface area (Å²) in [5.41, 5.74) is 0. The number of piperazine rings is 1. The van der Waals surface area contributed by atoms with Gasteiger partial charge in [-0.3, -0.25) is 9.59 Å². The van der Waals surface area contributed by atoms with E-state index in [4.69, 9.17) is 9.47 Å². The first-order chi connectivity index (χ1) is 11.7. The van der Waals surface area contributed by atoms with E-state index < -0.39 is 6.10 Å². The van der Waals surface area contributed by atoms with E-state index in [0.717, 1.165) is 6.54 Å². The van der Waals surface area contributed by atoms with E-state index in [2.05, 4.69) is 5.32 Å². The molecule has 2 heterocycles. The molecule has 2 saturated heterocycles. The minimum atomic E-state index is -0.401. The molecule has 1 aromatic rings. The van der Waals surface area contributed by atoms with E-state index in [9.17, 15) is 9.59 Å². The number of nitrogens with one attached hydrogen (secondary N) is 1. The van der Waals surface area contributed by atoms with Crippen molar-refractivity contribution in [1.29, 1.82) is 0 Å². The Balaban J connectivity index is 1.42. The zero-order valence-corrected chi connectivity index (χ0v) is 13.6. The third-order valence-corrected chi connectivity index (χ3v) is 4.25. The number of para-hydroxylation sites is 1. The maximum absolute atomic E-state index is 12.4. The van der Waals surface area contributed by atoms with Gasteiger partial charge >= 0.3 is 0 Å². The van der Waals surface area contributed by atoms with Gasteiger partial charge in [-0.05, 0) is 12.1 Å². The summed E-state index contributed by atoms with van der Waals surface area (Å²) in [5, 5.41) is 3.16. The fourth-order valence-electron chi connectivity index (χ4n) is 2.86. The van der Waals surface area contributed by atoms with Crippen LogP contribution in [0.25, 0.3) is 0 Å². The second-order valence-corrected chi connectivity index (χ2v) is 5.87. The maximum Gasteiger partial charge on any atom is 0.260 e. The first-order valence-electron chi connectivity index (χ1n) is 8.31. The Kier molecular flexibility index (Phi) is 5.66. The molecule has 2 fully saturated rings. The molecule has 3 rings (SSSR count). The fraction of sp³-hybridized carbons (Fsp3) is 0.529. The van der Waals surface area contributed by atoms with Crippen molar-refractivity contribution in [3.05, 3.63) is 30.3 Å². The molecule has 1 N–H and O–H groups in total. The fourth-order valence-corrected chi connectivity index (χ4v) is 2.86. The van der Waals surface area contributed by atoms with Crippen LogP contribution in [0.4, 0.5) is 0 Å². The van der Waals surface area contributed by atoms with Crippen LogP contribution in [0.1, 0.15) is 0 Å². The number of benzene rings is 1. The Morgan fingerprint density at radius 2 is 1.83 bits per heavy atom. The summed E-state index contributed by atoms with van der Waals surface area (Å²) >= 11 is 0. The predicted molar refractivity (Wildman–Crippen MR) is 87.7 cm³/mol. The Morgan fingerprint density at radius 1 is 1.12 bits per heavy atom. The molecule has 7 heteroatoms. The Labute approximate surface area is 141 Å². The SMILES string of the molecule is O=C(COc1ccccc1)N1CCN(C(=O)[C@@H]2CNCCO2)CC1. The van der Waals surface area contributed by atoms with Gasteiger partial charge in [0, 0.05) is 39.3 Å². The average Bonchev–Trinajstić information content (AvgIpc) is 2.67. The van der Waals surface area contributed by atoms with Gasteiger partial charge in [-0.15, -0.1) is 0 Å². The molecule has 0 bridgehead atoms. The summed E-state index contributed by atoms with van der Waals surface area (Å²) in [6, 6.07) is 9.28. The van der Waals surface area contributed by atoms with Gasteiger partial charge in [-0.2, -0.15) is 0 Å². The maximum atomic E-state index is 12.4. The number of rotatable bonds is 4. The van der Waals surface area contributed by atoms with E-state index in [1.54, 1.807) is 9.80 Å². The lowest BCUT2D eigenvalue weighted by molar-refractivity contribution is -0.149. The highest BCUT2D eigenvalue weighted by Gasteiger charge is 2.30. The van der Waals surface area contributed by atoms with E-state index in [-0.39, 0.29) is 18.4 Å². The summed E-state index contributed by atoms with van der Waals surface area (Å²) in [5.74, 6) is 0.637. The van der Waals surface area contributed by atoms with Crippen LogP contribution in [-0.4, -0.2) is 80.2 Å². The summed E-state index contributed by atoms with van der Waals surface area (Å²) in [6.45, 7) is 4.06. The quantitative estimate of drug-likeness (QED) is 0.821. The van der Waals surface area contributed by atoms with Crippen molar-refractivity contribution >= 4 is 11.8 Å². The molecule has 0 spiro atoms. The van der Waals surface area contributed by atoms with Crippen LogP contribution in [-0.2, 0) is 14.3 Å². The summed E-state index contributed by atoms with van der Waals surface area (Å²) < 4.78 is 11.0. The molecule has 24 heavy (non-hydrogen) atoms.